The van der Waals surface area contributed by atoms with Crippen LogP contribution in [-0.4, -0.2) is 18.4 Å². The summed E-state index contributed by atoms with van der Waals surface area (Å²) in [6.45, 7) is 1.75. The number of ketones is 1. The zero-order chi connectivity index (χ0) is 16.4. The molecule has 3 nitrogen and oxygen atoms in total. The second-order valence-corrected chi connectivity index (χ2v) is 7.02. The molecule has 0 bridgehead atoms. The lowest BCUT2D eigenvalue weighted by molar-refractivity contribution is 0.0478. The first kappa shape index (κ1) is 15.9. The summed E-state index contributed by atoms with van der Waals surface area (Å²) in [5, 5.41) is 0. The van der Waals surface area contributed by atoms with E-state index in [1.54, 1.807) is 6.07 Å². The first-order valence-electron chi connectivity index (χ1n) is 7.61. The first-order valence-corrected chi connectivity index (χ1v) is 8.42. The van der Waals surface area contributed by atoms with Crippen molar-refractivity contribution in [3.8, 4) is 0 Å². The highest BCUT2D eigenvalue weighted by molar-refractivity contribution is 7.14. The molecule has 23 heavy (non-hydrogen) atoms. The van der Waals surface area contributed by atoms with Gasteiger partial charge in [0.15, 0.2) is 6.61 Å². The molecule has 0 saturated carbocycles. The zero-order valence-corrected chi connectivity index (χ0v) is 13.6. The molecule has 3 rings (SSSR count). The smallest absolute Gasteiger partial charge is 0.348 e. The highest BCUT2D eigenvalue weighted by atomic mass is 32.1. The molecule has 1 aliphatic carbocycles. The molecule has 1 aromatic heterocycles. The average Bonchev–Trinajstić information content (AvgIpc) is 2.95. The number of hydrogen-bond acceptors (Lipinski definition) is 4. The van der Waals surface area contributed by atoms with Crippen LogP contribution in [0.1, 0.15) is 43.8 Å². The van der Waals surface area contributed by atoms with Crippen LogP contribution in [0.2, 0.25) is 0 Å². The largest absolute Gasteiger partial charge is 0.453 e. The summed E-state index contributed by atoms with van der Waals surface area (Å²) in [4.78, 5) is 25.8. The van der Waals surface area contributed by atoms with E-state index in [4.69, 9.17) is 4.74 Å². The van der Waals surface area contributed by atoms with Gasteiger partial charge >= 0.3 is 5.97 Å². The number of fused-ring (bicyclic) bond motifs is 1. The van der Waals surface area contributed by atoms with Crippen molar-refractivity contribution in [3.05, 3.63) is 57.0 Å². The minimum Gasteiger partial charge on any atom is -0.453 e. The topological polar surface area (TPSA) is 43.4 Å². The van der Waals surface area contributed by atoms with Crippen LogP contribution in [0.15, 0.2) is 30.3 Å². The van der Waals surface area contributed by atoms with Gasteiger partial charge in [0.25, 0.3) is 0 Å². The molecule has 120 valence electrons. The third-order valence-corrected chi connectivity index (χ3v) is 5.26. The molecular weight excluding hydrogens is 315 g/mol. The van der Waals surface area contributed by atoms with Gasteiger partial charge in [0.2, 0.25) is 5.78 Å². The molecule has 0 aliphatic heterocycles. The Morgan fingerprint density at radius 1 is 1.35 bits per heavy atom. The molecule has 0 amide bonds. The van der Waals surface area contributed by atoms with Gasteiger partial charge in [0.05, 0.1) is 5.56 Å². The summed E-state index contributed by atoms with van der Waals surface area (Å²) in [6, 6.07) is 7.55. The molecule has 1 aromatic carbocycles. The SMILES string of the molecule is C[C@@H]1CCc2sc(C(=O)OCC(=O)c3ccccc3F)cc2C1. The molecule has 5 heteroatoms. The molecule has 1 atom stereocenters. The summed E-state index contributed by atoms with van der Waals surface area (Å²) in [6.07, 6.45) is 3.10. The van der Waals surface area contributed by atoms with Gasteiger partial charge in [-0.3, -0.25) is 4.79 Å². The van der Waals surface area contributed by atoms with E-state index in [1.807, 2.05) is 6.07 Å². The van der Waals surface area contributed by atoms with Crippen molar-refractivity contribution in [1.29, 1.82) is 0 Å². The van der Waals surface area contributed by atoms with Crippen LogP contribution in [0.25, 0.3) is 0 Å². The maximum absolute atomic E-state index is 13.5. The van der Waals surface area contributed by atoms with E-state index < -0.39 is 24.2 Å². The maximum atomic E-state index is 13.5. The number of esters is 1. The van der Waals surface area contributed by atoms with Crippen LogP contribution >= 0.6 is 11.3 Å². The van der Waals surface area contributed by atoms with E-state index in [1.165, 1.54) is 40.0 Å². The summed E-state index contributed by atoms with van der Waals surface area (Å²) < 4.78 is 18.6. The fourth-order valence-electron chi connectivity index (χ4n) is 2.77. The van der Waals surface area contributed by atoms with Crippen molar-refractivity contribution >= 4 is 23.1 Å². The molecule has 0 fully saturated rings. The summed E-state index contributed by atoms with van der Waals surface area (Å²) in [7, 11) is 0. The second kappa shape index (κ2) is 6.62. The van der Waals surface area contributed by atoms with Crippen molar-refractivity contribution in [2.24, 2.45) is 5.92 Å². The number of rotatable bonds is 4. The van der Waals surface area contributed by atoms with Gasteiger partial charge in [-0.1, -0.05) is 19.1 Å². The lowest BCUT2D eigenvalue weighted by atomic mass is 9.90. The highest BCUT2D eigenvalue weighted by Crippen LogP contribution is 2.32. The van der Waals surface area contributed by atoms with Crippen molar-refractivity contribution in [1.82, 2.24) is 0 Å². The Hall–Kier alpha value is -2.01. The first-order chi connectivity index (χ1) is 11.0. The number of aryl methyl sites for hydroxylation is 1. The van der Waals surface area contributed by atoms with E-state index in [2.05, 4.69) is 6.92 Å². The fraction of sp³-hybridized carbons (Fsp3) is 0.333. The van der Waals surface area contributed by atoms with Crippen LogP contribution in [0.5, 0.6) is 0 Å². The number of Topliss-reactive ketones (excluding diaryl/α,β-unsaturated/α-hetero) is 1. The average molecular weight is 332 g/mol. The predicted octanol–water partition coefficient (Wildman–Crippen LogP) is 4.05. The van der Waals surface area contributed by atoms with Crippen molar-refractivity contribution in [2.75, 3.05) is 6.61 Å². The van der Waals surface area contributed by atoms with Gasteiger partial charge in [-0.05, 0) is 48.9 Å². The van der Waals surface area contributed by atoms with Gasteiger partial charge in [-0.2, -0.15) is 0 Å². The monoisotopic (exact) mass is 332 g/mol. The zero-order valence-electron chi connectivity index (χ0n) is 12.8. The number of thiophene rings is 1. The molecule has 2 aromatic rings. The Kier molecular flexibility index (Phi) is 4.57. The predicted molar refractivity (Wildman–Crippen MR) is 86.5 cm³/mol. The Bertz CT molecular complexity index is 750. The molecule has 1 heterocycles. The summed E-state index contributed by atoms with van der Waals surface area (Å²) in [5.41, 5.74) is 1.15. The normalized spacial score (nSPS) is 16.7. The third kappa shape index (κ3) is 3.50. The quantitative estimate of drug-likeness (QED) is 0.626. The number of benzene rings is 1. The Balaban J connectivity index is 1.64. The molecule has 0 saturated heterocycles. The van der Waals surface area contributed by atoms with E-state index in [-0.39, 0.29) is 5.56 Å². The van der Waals surface area contributed by atoms with Crippen LogP contribution in [0.3, 0.4) is 0 Å². The minimum atomic E-state index is -0.603. The van der Waals surface area contributed by atoms with E-state index in [0.717, 1.165) is 19.3 Å². The van der Waals surface area contributed by atoms with Gasteiger partial charge < -0.3 is 4.74 Å². The maximum Gasteiger partial charge on any atom is 0.348 e. The van der Waals surface area contributed by atoms with Crippen LogP contribution < -0.4 is 0 Å². The standard InChI is InChI=1S/C18H17FO3S/c1-11-6-7-16-12(8-11)9-17(23-16)18(21)22-10-15(20)13-4-2-3-5-14(13)19/h2-5,9,11H,6-8,10H2,1H3/t11-/m1/s1. The lowest BCUT2D eigenvalue weighted by Crippen LogP contribution is -2.14. The molecule has 0 spiro atoms. The number of ether oxygens (including phenoxy) is 1. The number of carbonyl (C=O) groups excluding carboxylic acids is 2. The van der Waals surface area contributed by atoms with Crippen LogP contribution in [0, 0.1) is 11.7 Å². The van der Waals surface area contributed by atoms with E-state index in [0.29, 0.717) is 10.8 Å². The second-order valence-electron chi connectivity index (χ2n) is 5.89. The van der Waals surface area contributed by atoms with Crippen molar-refractivity contribution in [2.45, 2.75) is 26.2 Å². The highest BCUT2D eigenvalue weighted by Gasteiger charge is 2.22. The van der Waals surface area contributed by atoms with Gasteiger partial charge in [-0.25, -0.2) is 9.18 Å². The fourth-order valence-corrected chi connectivity index (χ4v) is 3.88. The lowest BCUT2D eigenvalue weighted by Gasteiger charge is -2.16. The van der Waals surface area contributed by atoms with Gasteiger partial charge in [0, 0.05) is 4.88 Å². The molecular formula is C18H17FO3S. The Labute approximate surface area is 138 Å². The van der Waals surface area contributed by atoms with Gasteiger partial charge in [0.1, 0.15) is 10.7 Å². The van der Waals surface area contributed by atoms with Crippen molar-refractivity contribution in [3.63, 3.8) is 0 Å². The Morgan fingerprint density at radius 3 is 2.91 bits per heavy atom. The number of halogens is 1. The molecule has 0 N–H and O–H groups in total. The third-order valence-electron chi connectivity index (χ3n) is 4.04. The van der Waals surface area contributed by atoms with E-state index >= 15 is 0 Å². The summed E-state index contributed by atoms with van der Waals surface area (Å²) >= 11 is 1.44. The molecule has 1 aliphatic rings. The van der Waals surface area contributed by atoms with Crippen molar-refractivity contribution < 1.29 is 18.7 Å². The minimum absolute atomic E-state index is 0.0559. The van der Waals surface area contributed by atoms with E-state index in [9.17, 15) is 14.0 Å². The summed E-state index contributed by atoms with van der Waals surface area (Å²) in [5.74, 6) is -1.02. The Morgan fingerprint density at radius 2 is 2.13 bits per heavy atom. The van der Waals surface area contributed by atoms with Crippen LogP contribution in [-0.2, 0) is 17.6 Å². The molecule has 0 radical (unpaired) electrons. The van der Waals surface area contributed by atoms with Gasteiger partial charge in [-0.15, -0.1) is 11.3 Å². The number of hydrogen-bond donors (Lipinski definition) is 0. The molecule has 0 unspecified atom stereocenters. The van der Waals surface area contributed by atoms with Crippen LogP contribution in [0.4, 0.5) is 4.39 Å². The number of carbonyl (C=O) groups is 2.